The smallest absolute Gasteiger partial charge is 0.276 e. The molecule has 0 atom stereocenters. The van der Waals surface area contributed by atoms with Gasteiger partial charge in [-0.05, 0) is 62.5 Å². The van der Waals surface area contributed by atoms with Crippen molar-refractivity contribution in [1.82, 2.24) is 34.2 Å². The first-order valence-corrected chi connectivity index (χ1v) is 11.7. The van der Waals surface area contributed by atoms with Crippen LogP contribution < -0.4 is 5.32 Å². The van der Waals surface area contributed by atoms with Gasteiger partial charge in [0.2, 0.25) is 0 Å². The number of aryl methyl sites for hydroxylation is 1. The van der Waals surface area contributed by atoms with Gasteiger partial charge >= 0.3 is 0 Å². The fraction of sp³-hybridized carbons (Fsp3) is 0.136. The predicted molar refractivity (Wildman–Crippen MR) is 131 cm³/mol. The first-order chi connectivity index (χ1) is 16.0. The van der Waals surface area contributed by atoms with Crippen LogP contribution in [-0.4, -0.2) is 40.1 Å². The van der Waals surface area contributed by atoms with Gasteiger partial charge in [-0.25, -0.2) is 9.50 Å². The van der Waals surface area contributed by atoms with Gasteiger partial charge in [0, 0.05) is 36.9 Å². The Kier molecular flexibility index (Phi) is 5.81. The van der Waals surface area contributed by atoms with E-state index >= 15 is 0 Å². The van der Waals surface area contributed by atoms with Gasteiger partial charge in [-0.1, -0.05) is 12.1 Å². The third kappa shape index (κ3) is 4.46. The van der Waals surface area contributed by atoms with E-state index in [0.717, 1.165) is 32.4 Å². The molecule has 0 aliphatic rings. The summed E-state index contributed by atoms with van der Waals surface area (Å²) in [5.74, 6) is -0.316. The van der Waals surface area contributed by atoms with Crippen LogP contribution in [0, 0.1) is 0 Å². The van der Waals surface area contributed by atoms with E-state index in [2.05, 4.69) is 57.5 Å². The first-order valence-electron chi connectivity index (χ1n) is 10.2. The van der Waals surface area contributed by atoms with Crippen LogP contribution in [0.15, 0.2) is 70.1 Å². The van der Waals surface area contributed by atoms with Gasteiger partial charge in [-0.15, -0.1) is 0 Å². The number of rotatable bonds is 6. The molecule has 1 aromatic carbocycles. The van der Waals surface area contributed by atoms with Crippen molar-refractivity contribution in [3.05, 3.63) is 81.4 Å². The molecule has 4 aromatic heterocycles. The Labute approximate surface area is 205 Å². The topological polar surface area (TPSA) is 94.9 Å². The van der Waals surface area contributed by atoms with Crippen molar-refractivity contribution in [3.63, 3.8) is 0 Å². The largest absolute Gasteiger partial charge is 0.321 e. The van der Waals surface area contributed by atoms with E-state index in [1.807, 2.05) is 59.0 Å². The molecule has 33 heavy (non-hydrogen) atoms. The summed E-state index contributed by atoms with van der Waals surface area (Å²) in [7, 11) is 0. The third-order valence-corrected chi connectivity index (χ3v) is 6.00. The van der Waals surface area contributed by atoms with E-state index in [4.69, 9.17) is 0 Å². The van der Waals surface area contributed by atoms with Crippen molar-refractivity contribution in [2.45, 2.75) is 20.0 Å². The number of nitrogens with one attached hydrogen (secondary N) is 1. The van der Waals surface area contributed by atoms with Crippen LogP contribution in [0.4, 0.5) is 5.69 Å². The van der Waals surface area contributed by atoms with Crippen LogP contribution in [0.2, 0.25) is 0 Å². The standard InChI is InChI=1S/C22H18Br2N8O/c1-2-30-13-17(24)21(29-30)19-6-7-25-20-9-18(28-32(19)20)22(33)27-16-5-3-4-14(8-16)11-31-12-15(23)10-26-31/h3-10,12-13H,2,11H2,1H3,(H,27,33). The van der Waals surface area contributed by atoms with E-state index in [1.54, 1.807) is 23.0 Å². The summed E-state index contributed by atoms with van der Waals surface area (Å²) in [5, 5.41) is 16.3. The maximum absolute atomic E-state index is 13.0. The fourth-order valence-electron chi connectivity index (χ4n) is 3.47. The van der Waals surface area contributed by atoms with Gasteiger partial charge < -0.3 is 5.32 Å². The van der Waals surface area contributed by atoms with Gasteiger partial charge in [-0.3, -0.25) is 14.2 Å². The molecular weight excluding hydrogens is 552 g/mol. The van der Waals surface area contributed by atoms with E-state index in [0.29, 0.717) is 17.9 Å². The second kappa shape index (κ2) is 8.91. The van der Waals surface area contributed by atoms with Gasteiger partial charge in [-0.2, -0.15) is 15.3 Å². The lowest BCUT2D eigenvalue weighted by atomic mass is 10.2. The Hall–Kier alpha value is -3.31. The normalized spacial score (nSPS) is 11.2. The molecule has 1 N–H and O–H groups in total. The zero-order valence-electron chi connectivity index (χ0n) is 17.5. The predicted octanol–water partition coefficient (Wildman–Crippen LogP) is 4.63. The van der Waals surface area contributed by atoms with Crippen molar-refractivity contribution in [3.8, 4) is 11.4 Å². The van der Waals surface area contributed by atoms with Gasteiger partial charge in [0.25, 0.3) is 5.91 Å². The van der Waals surface area contributed by atoms with Crippen molar-refractivity contribution in [2.75, 3.05) is 5.32 Å². The zero-order valence-corrected chi connectivity index (χ0v) is 20.7. The number of amides is 1. The molecule has 4 heterocycles. The third-order valence-electron chi connectivity index (χ3n) is 5.01. The minimum atomic E-state index is -0.316. The highest BCUT2D eigenvalue weighted by atomic mass is 79.9. The molecular formula is C22H18Br2N8O. The monoisotopic (exact) mass is 568 g/mol. The van der Waals surface area contributed by atoms with E-state index in [1.165, 1.54) is 0 Å². The maximum Gasteiger partial charge on any atom is 0.276 e. The van der Waals surface area contributed by atoms with Crippen LogP contribution in [0.5, 0.6) is 0 Å². The Bertz CT molecular complexity index is 1470. The molecule has 0 unspecified atom stereocenters. The minimum absolute atomic E-state index is 0.266. The molecule has 0 spiro atoms. The summed E-state index contributed by atoms with van der Waals surface area (Å²) >= 11 is 6.96. The van der Waals surface area contributed by atoms with Gasteiger partial charge in [0.1, 0.15) is 5.69 Å². The summed E-state index contributed by atoms with van der Waals surface area (Å²) < 4.78 is 7.05. The Morgan fingerprint density at radius 2 is 1.97 bits per heavy atom. The molecule has 166 valence electrons. The van der Waals surface area contributed by atoms with Crippen LogP contribution in [0.1, 0.15) is 23.0 Å². The Morgan fingerprint density at radius 1 is 1.09 bits per heavy atom. The molecule has 5 rings (SSSR count). The lowest BCUT2D eigenvalue weighted by Gasteiger charge is -2.07. The Balaban J connectivity index is 1.40. The summed E-state index contributed by atoms with van der Waals surface area (Å²) in [6.45, 7) is 3.36. The number of aromatic nitrogens is 7. The van der Waals surface area contributed by atoms with Crippen LogP contribution in [0.25, 0.3) is 17.0 Å². The van der Waals surface area contributed by atoms with Crippen molar-refractivity contribution in [2.24, 2.45) is 0 Å². The fourth-order valence-corrected chi connectivity index (χ4v) is 4.32. The molecule has 0 saturated heterocycles. The molecule has 0 aliphatic carbocycles. The van der Waals surface area contributed by atoms with Crippen LogP contribution in [0.3, 0.4) is 0 Å². The molecule has 11 heteroatoms. The average Bonchev–Trinajstić information content (AvgIpc) is 3.51. The molecule has 0 saturated carbocycles. The molecule has 0 radical (unpaired) electrons. The molecule has 0 fully saturated rings. The van der Waals surface area contributed by atoms with E-state index in [9.17, 15) is 4.79 Å². The summed E-state index contributed by atoms with van der Waals surface area (Å²) in [4.78, 5) is 17.3. The zero-order chi connectivity index (χ0) is 22.9. The lowest BCUT2D eigenvalue weighted by Crippen LogP contribution is -2.13. The van der Waals surface area contributed by atoms with Gasteiger partial charge in [0.05, 0.1) is 27.4 Å². The minimum Gasteiger partial charge on any atom is -0.321 e. The highest BCUT2D eigenvalue weighted by Gasteiger charge is 2.17. The number of carbonyl (C=O) groups is 1. The highest BCUT2D eigenvalue weighted by molar-refractivity contribution is 9.10. The second-order valence-electron chi connectivity index (χ2n) is 7.32. The highest BCUT2D eigenvalue weighted by Crippen LogP contribution is 2.27. The van der Waals surface area contributed by atoms with E-state index < -0.39 is 0 Å². The summed E-state index contributed by atoms with van der Waals surface area (Å²) in [6.07, 6.45) is 7.23. The molecule has 1 amide bonds. The van der Waals surface area contributed by atoms with Crippen molar-refractivity contribution in [1.29, 1.82) is 0 Å². The second-order valence-corrected chi connectivity index (χ2v) is 9.09. The number of hydrogen-bond donors (Lipinski definition) is 1. The number of halogens is 2. The van der Waals surface area contributed by atoms with Crippen LogP contribution >= 0.6 is 31.9 Å². The molecule has 5 aromatic rings. The number of hydrogen-bond acceptors (Lipinski definition) is 5. The Morgan fingerprint density at radius 3 is 2.73 bits per heavy atom. The first kappa shape index (κ1) is 21.5. The summed E-state index contributed by atoms with van der Waals surface area (Å²) in [6, 6.07) is 11.1. The SMILES string of the molecule is CCn1cc(Br)c(-c2ccnc3cc(C(=O)Nc4cccc(Cn5cc(Br)cn5)c4)nn23)n1. The molecule has 9 nitrogen and oxygen atoms in total. The van der Waals surface area contributed by atoms with Crippen molar-refractivity contribution < 1.29 is 4.79 Å². The molecule has 0 aliphatic heterocycles. The summed E-state index contributed by atoms with van der Waals surface area (Å²) in [5.41, 5.74) is 4.00. The maximum atomic E-state index is 13.0. The lowest BCUT2D eigenvalue weighted by molar-refractivity contribution is 0.102. The molecule has 0 bridgehead atoms. The van der Waals surface area contributed by atoms with Crippen molar-refractivity contribution >= 4 is 49.1 Å². The van der Waals surface area contributed by atoms with Crippen LogP contribution in [-0.2, 0) is 13.1 Å². The number of fused-ring (bicyclic) bond motifs is 1. The number of benzene rings is 1. The quantitative estimate of drug-likeness (QED) is 0.321. The number of anilines is 1. The number of carbonyl (C=O) groups excluding carboxylic acids is 1. The van der Waals surface area contributed by atoms with Gasteiger partial charge in [0.15, 0.2) is 11.3 Å². The number of nitrogens with zero attached hydrogens (tertiary/aromatic N) is 7. The average molecular weight is 570 g/mol. The van der Waals surface area contributed by atoms with E-state index in [-0.39, 0.29) is 11.6 Å².